The number of para-hydroxylation sites is 1. The highest BCUT2D eigenvalue weighted by atomic mass is 35.5. The Kier molecular flexibility index (Phi) is 2.76. The highest BCUT2D eigenvalue weighted by Crippen LogP contribution is 2.28. The predicted octanol–water partition coefficient (Wildman–Crippen LogP) is 2.64. The Morgan fingerprint density at radius 2 is 2.11 bits per heavy atom. The number of halogens is 1. The largest absolute Gasteiger partial charge is 0.496 e. The summed E-state index contributed by atoms with van der Waals surface area (Å²) >= 11 is 5.94. The third kappa shape index (κ3) is 1.98. The second-order valence-corrected chi connectivity index (χ2v) is 4.45. The maximum absolute atomic E-state index is 5.94. The summed E-state index contributed by atoms with van der Waals surface area (Å²) in [5, 5.41) is 4.89. The number of pyridine rings is 1. The van der Waals surface area contributed by atoms with E-state index in [2.05, 4.69) is 10.1 Å². The summed E-state index contributed by atoms with van der Waals surface area (Å²) in [4.78, 5) is 4.42. The SMILES string of the molecule is COc1ccccc1-c1nc2c(N)cc(Cl)cn2n1. The molecule has 0 aliphatic heterocycles. The first-order valence-corrected chi connectivity index (χ1v) is 6.01. The topological polar surface area (TPSA) is 65.4 Å². The van der Waals surface area contributed by atoms with E-state index in [-0.39, 0.29) is 0 Å². The van der Waals surface area contributed by atoms with E-state index in [1.807, 2.05) is 24.3 Å². The number of ether oxygens (including phenoxy) is 1. The van der Waals surface area contributed by atoms with Gasteiger partial charge in [0.25, 0.3) is 0 Å². The van der Waals surface area contributed by atoms with Crippen LogP contribution in [0.2, 0.25) is 5.02 Å². The van der Waals surface area contributed by atoms with Gasteiger partial charge < -0.3 is 10.5 Å². The van der Waals surface area contributed by atoms with Crippen LogP contribution < -0.4 is 10.5 Å². The molecule has 0 aliphatic rings. The fraction of sp³-hybridized carbons (Fsp3) is 0.0769. The fourth-order valence-corrected chi connectivity index (χ4v) is 2.13. The molecule has 0 amide bonds. The average molecular weight is 275 g/mol. The van der Waals surface area contributed by atoms with Gasteiger partial charge in [-0.1, -0.05) is 23.7 Å². The van der Waals surface area contributed by atoms with E-state index < -0.39 is 0 Å². The molecule has 0 fully saturated rings. The number of benzene rings is 1. The lowest BCUT2D eigenvalue weighted by molar-refractivity contribution is 0.416. The molecule has 96 valence electrons. The van der Waals surface area contributed by atoms with Crippen molar-refractivity contribution < 1.29 is 4.74 Å². The number of hydrogen-bond acceptors (Lipinski definition) is 4. The lowest BCUT2D eigenvalue weighted by Gasteiger charge is -2.03. The molecule has 0 saturated heterocycles. The Balaban J connectivity index is 2.23. The smallest absolute Gasteiger partial charge is 0.185 e. The van der Waals surface area contributed by atoms with Crippen molar-refractivity contribution in [2.45, 2.75) is 0 Å². The van der Waals surface area contributed by atoms with E-state index in [1.165, 1.54) is 0 Å². The van der Waals surface area contributed by atoms with Crippen LogP contribution in [0.3, 0.4) is 0 Å². The molecule has 0 radical (unpaired) electrons. The molecule has 3 rings (SSSR count). The highest BCUT2D eigenvalue weighted by Gasteiger charge is 2.12. The van der Waals surface area contributed by atoms with E-state index in [9.17, 15) is 0 Å². The molecule has 2 aromatic heterocycles. The zero-order chi connectivity index (χ0) is 13.4. The first kappa shape index (κ1) is 11.8. The zero-order valence-electron chi connectivity index (χ0n) is 10.2. The average Bonchev–Trinajstić information content (AvgIpc) is 2.82. The molecular weight excluding hydrogens is 264 g/mol. The van der Waals surface area contributed by atoms with Crippen molar-refractivity contribution in [2.75, 3.05) is 12.8 Å². The molecule has 0 bridgehead atoms. The van der Waals surface area contributed by atoms with E-state index >= 15 is 0 Å². The minimum atomic E-state index is 0.487. The van der Waals surface area contributed by atoms with Crippen LogP contribution in [0.4, 0.5) is 5.69 Å². The van der Waals surface area contributed by atoms with Crippen LogP contribution in [0.5, 0.6) is 5.75 Å². The molecule has 0 saturated carbocycles. The summed E-state index contributed by atoms with van der Waals surface area (Å²) in [6.07, 6.45) is 1.67. The van der Waals surface area contributed by atoms with Gasteiger partial charge in [-0.05, 0) is 18.2 Å². The Morgan fingerprint density at radius 3 is 2.89 bits per heavy atom. The first-order valence-electron chi connectivity index (χ1n) is 5.64. The summed E-state index contributed by atoms with van der Waals surface area (Å²) in [6.45, 7) is 0. The van der Waals surface area contributed by atoms with Crippen LogP contribution >= 0.6 is 11.6 Å². The second kappa shape index (κ2) is 4.44. The van der Waals surface area contributed by atoms with Crippen molar-refractivity contribution in [1.82, 2.24) is 14.6 Å². The van der Waals surface area contributed by atoms with Gasteiger partial charge in [0.2, 0.25) is 0 Å². The third-order valence-electron chi connectivity index (χ3n) is 2.78. The number of nitrogen functional groups attached to an aromatic ring is 1. The molecule has 19 heavy (non-hydrogen) atoms. The van der Waals surface area contributed by atoms with Crippen LogP contribution in [0.15, 0.2) is 36.5 Å². The molecule has 5 nitrogen and oxygen atoms in total. The molecule has 0 unspecified atom stereocenters. The number of nitrogens with zero attached hydrogens (tertiary/aromatic N) is 3. The zero-order valence-corrected chi connectivity index (χ0v) is 10.9. The molecule has 3 aromatic rings. The van der Waals surface area contributed by atoms with Crippen molar-refractivity contribution in [3.8, 4) is 17.1 Å². The molecule has 0 spiro atoms. The monoisotopic (exact) mass is 274 g/mol. The van der Waals surface area contributed by atoms with Crippen molar-refractivity contribution >= 4 is 22.9 Å². The number of methoxy groups -OCH3 is 1. The van der Waals surface area contributed by atoms with Crippen LogP contribution in [-0.2, 0) is 0 Å². The number of anilines is 1. The molecular formula is C13H11ClN4O. The quantitative estimate of drug-likeness (QED) is 0.780. The van der Waals surface area contributed by atoms with Crippen molar-refractivity contribution in [3.63, 3.8) is 0 Å². The Labute approximate surface area is 114 Å². The lowest BCUT2D eigenvalue weighted by Crippen LogP contribution is -1.93. The minimum Gasteiger partial charge on any atom is -0.496 e. The van der Waals surface area contributed by atoms with E-state index in [4.69, 9.17) is 22.1 Å². The van der Waals surface area contributed by atoms with Gasteiger partial charge in [-0.3, -0.25) is 0 Å². The van der Waals surface area contributed by atoms with E-state index in [0.29, 0.717) is 27.9 Å². The molecule has 0 atom stereocenters. The molecule has 2 heterocycles. The van der Waals surface area contributed by atoms with Gasteiger partial charge in [0.1, 0.15) is 5.75 Å². The summed E-state index contributed by atoms with van der Waals surface area (Å²) in [5.41, 5.74) is 7.75. The number of nitrogens with two attached hydrogens (primary N) is 1. The summed E-state index contributed by atoms with van der Waals surface area (Å²) in [7, 11) is 1.61. The van der Waals surface area contributed by atoms with Gasteiger partial charge in [-0.15, -0.1) is 5.10 Å². The second-order valence-electron chi connectivity index (χ2n) is 4.02. The minimum absolute atomic E-state index is 0.487. The fourth-order valence-electron chi connectivity index (χ4n) is 1.92. The van der Waals surface area contributed by atoms with E-state index in [1.54, 1.807) is 23.9 Å². The first-order chi connectivity index (χ1) is 9.19. The number of fused-ring (bicyclic) bond motifs is 1. The molecule has 1 aromatic carbocycles. The van der Waals surface area contributed by atoms with Gasteiger partial charge >= 0.3 is 0 Å². The standard InChI is InChI=1S/C13H11ClN4O/c1-19-11-5-3-2-4-9(11)12-16-13-10(15)6-8(14)7-18(13)17-12/h2-7H,15H2,1H3. The van der Waals surface area contributed by atoms with Crippen molar-refractivity contribution in [1.29, 1.82) is 0 Å². The van der Waals surface area contributed by atoms with Gasteiger partial charge in [-0.25, -0.2) is 9.50 Å². The van der Waals surface area contributed by atoms with Gasteiger partial charge in [-0.2, -0.15) is 0 Å². The van der Waals surface area contributed by atoms with E-state index in [0.717, 1.165) is 5.56 Å². The Hall–Kier alpha value is -2.27. The Morgan fingerprint density at radius 1 is 1.32 bits per heavy atom. The van der Waals surface area contributed by atoms with Crippen LogP contribution in [-0.4, -0.2) is 21.7 Å². The number of aromatic nitrogens is 3. The predicted molar refractivity (Wildman–Crippen MR) is 74.4 cm³/mol. The third-order valence-corrected chi connectivity index (χ3v) is 2.98. The Bertz CT molecular complexity index is 753. The molecule has 2 N–H and O–H groups in total. The summed E-state index contributed by atoms with van der Waals surface area (Å²) < 4.78 is 6.87. The van der Waals surface area contributed by atoms with Gasteiger partial charge in [0.15, 0.2) is 11.5 Å². The van der Waals surface area contributed by atoms with Gasteiger partial charge in [0, 0.05) is 6.20 Å². The molecule has 0 aliphatic carbocycles. The molecule has 6 heteroatoms. The van der Waals surface area contributed by atoms with Crippen molar-refractivity contribution in [2.24, 2.45) is 0 Å². The number of hydrogen-bond donors (Lipinski definition) is 1. The van der Waals surface area contributed by atoms with Crippen LogP contribution in [0.1, 0.15) is 0 Å². The van der Waals surface area contributed by atoms with Crippen molar-refractivity contribution in [3.05, 3.63) is 41.6 Å². The maximum Gasteiger partial charge on any atom is 0.185 e. The maximum atomic E-state index is 5.94. The van der Waals surface area contributed by atoms with Crippen LogP contribution in [0.25, 0.3) is 17.0 Å². The highest BCUT2D eigenvalue weighted by molar-refractivity contribution is 6.30. The van der Waals surface area contributed by atoms with Gasteiger partial charge in [0.05, 0.1) is 23.4 Å². The lowest BCUT2D eigenvalue weighted by atomic mass is 10.2. The number of rotatable bonds is 2. The summed E-state index contributed by atoms with van der Waals surface area (Å²) in [5.74, 6) is 1.26. The van der Waals surface area contributed by atoms with Crippen LogP contribution in [0, 0.1) is 0 Å². The summed E-state index contributed by atoms with van der Waals surface area (Å²) in [6, 6.07) is 9.20. The normalized spacial score (nSPS) is 10.8.